The molecule has 1 atom stereocenters. The van der Waals surface area contributed by atoms with E-state index in [1.807, 2.05) is 13.0 Å². The number of amides is 2. The highest BCUT2D eigenvalue weighted by Gasteiger charge is 2.27. The third-order valence-electron chi connectivity index (χ3n) is 3.86. The van der Waals surface area contributed by atoms with Crippen molar-refractivity contribution in [1.82, 2.24) is 5.32 Å². The number of carbonyl (C=O) groups excluding carboxylic acids is 3. The first-order chi connectivity index (χ1) is 10.9. The summed E-state index contributed by atoms with van der Waals surface area (Å²) in [4.78, 5) is 38.8. The minimum Gasteiger partial charge on any atom is -0.466 e. The molecule has 0 saturated carbocycles. The smallest absolute Gasteiger partial charge is 0.306 e. The van der Waals surface area contributed by atoms with Gasteiger partial charge in [0.25, 0.3) is 5.91 Å². The molecule has 1 aliphatic carbocycles. The lowest BCUT2D eigenvalue weighted by Crippen LogP contribution is -2.35. The fraction of sp³-hybridized carbons (Fsp3) is 0.412. The summed E-state index contributed by atoms with van der Waals surface area (Å²) in [5.74, 6) is -0.914. The summed E-state index contributed by atoms with van der Waals surface area (Å²) >= 11 is 0. The van der Waals surface area contributed by atoms with Gasteiger partial charge in [-0.3, -0.25) is 14.4 Å². The molecule has 0 spiro atoms. The van der Waals surface area contributed by atoms with Crippen molar-refractivity contribution in [1.29, 1.82) is 0 Å². The van der Waals surface area contributed by atoms with E-state index in [4.69, 9.17) is 4.74 Å². The molecule has 2 aliphatic rings. The highest BCUT2D eigenvalue weighted by Crippen LogP contribution is 2.29. The molecule has 2 rings (SSSR count). The Kier molecular flexibility index (Phi) is 5.26. The van der Waals surface area contributed by atoms with Crippen molar-refractivity contribution in [2.45, 2.75) is 33.6 Å². The average Bonchev–Trinajstić information content (AvgIpc) is 2.51. The number of hydrogen-bond acceptors (Lipinski definition) is 4. The van der Waals surface area contributed by atoms with Crippen molar-refractivity contribution in [2.24, 2.45) is 10.9 Å². The Labute approximate surface area is 135 Å². The molecule has 1 unspecified atom stereocenters. The molecule has 0 fully saturated rings. The molecule has 1 aliphatic heterocycles. The van der Waals surface area contributed by atoms with Crippen LogP contribution in [-0.4, -0.2) is 30.1 Å². The van der Waals surface area contributed by atoms with Gasteiger partial charge in [-0.2, -0.15) is 0 Å². The lowest BCUT2D eigenvalue weighted by Gasteiger charge is -2.28. The first-order valence-corrected chi connectivity index (χ1v) is 7.58. The Hall–Kier alpha value is -2.50. The second-order valence-corrected chi connectivity index (χ2v) is 5.43. The zero-order chi connectivity index (χ0) is 17.0. The normalized spacial score (nSPS) is 21.7. The first-order valence-electron chi connectivity index (χ1n) is 7.58. The summed E-state index contributed by atoms with van der Waals surface area (Å²) < 4.78 is 4.77. The summed E-state index contributed by atoms with van der Waals surface area (Å²) in [7, 11) is 0. The predicted octanol–water partition coefficient (Wildman–Crippen LogP) is 1.83. The molecule has 6 heteroatoms. The van der Waals surface area contributed by atoms with Crippen LogP contribution in [0.4, 0.5) is 0 Å². The molecule has 0 saturated heterocycles. The second-order valence-electron chi connectivity index (χ2n) is 5.43. The lowest BCUT2D eigenvalue weighted by molar-refractivity contribution is -0.144. The van der Waals surface area contributed by atoms with Gasteiger partial charge in [0, 0.05) is 23.6 Å². The number of rotatable bonds is 4. The summed E-state index contributed by atoms with van der Waals surface area (Å²) in [5, 5.41) is 2.82. The third-order valence-corrected chi connectivity index (χ3v) is 3.86. The summed E-state index contributed by atoms with van der Waals surface area (Å²) in [6.45, 7) is 5.72. The van der Waals surface area contributed by atoms with Gasteiger partial charge in [0.15, 0.2) is 0 Å². The molecule has 0 radical (unpaired) electrons. The van der Waals surface area contributed by atoms with Crippen LogP contribution in [0.2, 0.25) is 0 Å². The summed E-state index contributed by atoms with van der Waals surface area (Å²) in [6, 6.07) is 0. The van der Waals surface area contributed by atoms with E-state index in [1.54, 1.807) is 26.0 Å². The quantitative estimate of drug-likeness (QED) is 0.802. The molecule has 6 nitrogen and oxygen atoms in total. The number of allylic oxidation sites excluding steroid dienone is 3. The maximum atomic E-state index is 11.8. The van der Waals surface area contributed by atoms with Crippen LogP contribution < -0.4 is 5.32 Å². The van der Waals surface area contributed by atoms with E-state index in [-0.39, 0.29) is 24.7 Å². The van der Waals surface area contributed by atoms with Crippen LogP contribution >= 0.6 is 0 Å². The molecule has 122 valence electrons. The van der Waals surface area contributed by atoms with E-state index in [9.17, 15) is 14.4 Å². The van der Waals surface area contributed by atoms with E-state index >= 15 is 0 Å². The highest BCUT2D eigenvalue weighted by molar-refractivity contribution is 6.11. The zero-order valence-electron chi connectivity index (χ0n) is 13.5. The number of nitrogens with zero attached hydrogens (tertiary/aromatic N) is 1. The third kappa shape index (κ3) is 4.03. The predicted molar refractivity (Wildman–Crippen MR) is 85.5 cm³/mol. The molecular formula is C17H20N2O4. The molecule has 0 bridgehead atoms. The minimum absolute atomic E-state index is 0.00712. The monoisotopic (exact) mass is 316 g/mol. The molecular weight excluding hydrogens is 296 g/mol. The van der Waals surface area contributed by atoms with Gasteiger partial charge >= 0.3 is 5.97 Å². The molecule has 2 amide bonds. The van der Waals surface area contributed by atoms with Gasteiger partial charge in [0.05, 0.1) is 18.7 Å². The lowest BCUT2D eigenvalue weighted by atomic mass is 9.85. The second kappa shape index (κ2) is 7.17. The molecule has 1 heterocycles. The van der Waals surface area contributed by atoms with Crippen LogP contribution in [0.3, 0.4) is 0 Å². The average molecular weight is 316 g/mol. The van der Waals surface area contributed by atoms with E-state index in [2.05, 4.69) is 10.3 Å². The molecule has 0 aromatic heterocycles. The number of carbonyl (C=O) groups is 3. The number of nitrogens with one attached hydrogen (secondary N) is 1. The maximum absolute atomic E-state index is 11.8. The number of esters is 1. The van der Waals surface area contributed by atoms with E-state index in [0.717, 1.165) is 11.3 Å². The standard InChI is InChI=1S/C17H20N2O4/c1-4-23-16(21)8-7-15(20)18-12-5-6-13-10(2)11(3)17(22)19-14(13)9-12/h5-6,9,13H,4,7-8H2,1-3H3,(H,19,22). The van der Waals surface area contributed by atoms with E-state index < -0.39 is 11.9 Å². The molecule has 23 heavy (non-hydrogen) atoms. The van der Waals surface area contributed by atoms with Gasteiger partial charge in [-0.05, 0) is 32.9 Å². The van der Waals surface area contributed by atoms with Crippen LogP contribution in [-0.2, 0) is 19.1 Å². The Bertz CT molecular complexity index is 668. The minimum atomic E-state index is -0.408. The van der Waals surface area contributed by atoms with Crippen molar-refractivity contribution in [3.8, 4) is 0 Å². The van der Waals surface area contributed by atoms with Crippen LogP contribution in [0.1, 0.15) is 33.6 Å². The van der Waals surface area contributed by atoms with Crippen LogP contribution in [0.5, 0.6) is 0 Å². The number of ether oxygens (including phenoxy) is 1. The molecule has 0 aromatic carbocycles. The van der Waals surface area contributed by atoms with Gasteiger partial charge in [-0.15, -0.1) is 0 Å². The van der Waals surface area contributed by atoms with Gasteiger partial charge in [0.2, 0.25) is 5.91 Å². The first kappa shape index (κ1) is 16.9. The van der Waals surface area contributed by atoms with Crippen LogP contribution in [0.15, 0.2) is 40.1 Å². The highest BCUT2D eigenvalue weighted by atomic mass is 16.5. The SMILES string of the molecule is CCOC(=O)CCC(=O)N=C1C=CC2C(=C1)NC(=O)C(C)=C2C. The van der Waals surface area contributed by atoms with Crippen molar-refractivity contribution in [3.63, 3.8) is 0 Å². The summed E-state index contributed by atoms with van der Waals surface area (Å²) in [5.41, 5.74) is 2.89. The topological polar surface area (TPSA) is 84.8 Å². The van der Waals surface area contributed by atoms with Crippen molar-refractivity contribution < 1.29 is 19.1 Å². The number of hydrogen-bond donors (Lipinski definition) is 1. The maximum Gasteiger partial charge on any atom is 0.306 e. The number of aliphatic imine (C=N–C) groups is 1. The Balaban J connectivity index is 2.05. The van der Waals surface area contributed by atoms with Crippen LogP contribution in [0, 0.1) is 5.92 Å². The Morgan fingerprint density at radius 1 is 1.30 bits per heavy atom. The molecule has 0 aromatic rings. The van der Waals surface area contributed by atoms with Gasteiger partial charge in [-0.1, -0.05) is 11.6 Å². The van der Waals surface area contributed by atoms with E-state index in [1.165, 1.54) is 0 Å². The fourth-order valence-electron chi connectivity index (χ4n) is 2.44. The van der Waals surface area contributed by atoms with Crippen molar-refractivity contribution >= 4 is 23.5 Å². The van der Waals surface area contributed by atoms with Crippen molar-refractivity contribution in [3.05, 3.63) is 35.1 Å². The largest absolute Gasteiger partial charge is 0.466 e. The van der Waals surface area contributed by atoms with E-state index in [0.29, 0.717) is 17.9 Å². The molecule has 1 N–H and O–H groups in total. The Morgan fingerprint density at radius 2 is 2.04 bits per heavy atom. The van der Waals surface area contributed by atoms with Gasteiger partial charge < -0.3 is 10.1 Å². The number of fused-ring (bicyclic) bond motifs is 1. The Morgan fingerprint density at radius 3 is 2.74 bits per heavy atom. The van der Waals surface area contributed by atoms with Crippen molar-refractivity contribution in [2.75, 3.05) is 6.61 Å². The fourth-order valence-corrected chi connectivity index (χ4v) is 2.44. The van der Waals surface area contributed by atoms with Crippen LogP contribution in [0.25, 0.3) is 0 Å². The van der Waals surface area contributed by atoms with Gasteiger partial charge in [0.1, 0.15) is 0 Å². The van der Waals surface area contributed by atoms with Gasteiger partial charge in [-0.25, -0.2) is 4.99 Å². The summed E-state index contributed by atoms with van der Waals surface area (Å²) in [6.07, 6.45) is 5.38. The zero-order valence-corrected chi connectivity index (χ0v) is 13.5.